The van der Waals surface area contributed by atoms with Gasteiger partial charge >= 0.3 is 0 Å². The van der Waals surface area contributed by atoms with Gasteiger partial charge in [0.1, 0.15) is 0 Å². The van der Waals surface area contributed by atoms with Gasteiger partial charge in [-0.1, -0.05) is 54.6 Å². The summed E-state index contributed by atoms with van der Waals surface area (Å²) in [6, 6.07) is 16.7. The number of ether oxygens (including phenoxy) is 1. The normalized spacial score (nSPS) is 24.9. The average Bonchev–Trinajstić information content (AvgIpc) is 2.55. The fourth-order valence-electron chi connectivity index (χ4n) is 3.34. The second kappa shape index (κ2) is 6.28. The van der Waals surface area contributed by atoms with Gasteiger partial charge in [-0.2, -0.15) is 0 Å². The molecule has 114 valence electrons. The molecule has 0 bridgehead atoms. The molecule has 0 radical (unpaired) electrons. The molecule has 4 heteroatoms. The first-order valence-corrected chi connectivity index (χ1v) is 7.54. The average molecular weight is 297 g/mol. The molecule has 0 N–H and O–H groups in total. The molecule has 0 aromatic heterocycles. The van der Waals surface area contributed by atoms with E-state index in [0.717, 1.165) is 16.7 Å². The van der Waals surface area contributed by atoms with E-state index in [2.05, 4.69) is 0 Å². The Kier molecular flexibility index (Phi) is 4.20. The van der Waals surface area contributed by atoms with Crippen molar-refractivity contribution in [2.24, 2.45) is 0 Å². The summed E-state index contributed by atoms with van der Waals surface area (Å²) in [7, 11) is 0. The molecule has 1 aliphatic rings. The monoisotopic (exact) mass is 297 g/mol. The van der Waals surface area contributed by atoms with Gasteiger partial charge in [-0.05, 0) is 30.0 Å². The highest BCUT2D eigenvalue weighted by Gasteiger charge is 2.44. The number of hydrogen-bond acceptors (Lipinski definition) is 3. The van der Waals surface area contributed by atoms with Crippen LogP contribution in [-0.2, 0) is 4.74 Å². The van der Waals surface area contributed by atoms with E-state index in [4.69, 9.17) is 4.74 Å². The van der Waals surface area contributed by atoms with E-state index >= 15 is 0 Å². The Morgan fingerprint density at radius 1 is 1.09 bits per heavy atom. The number of nitrogens with zero attached hydrogens (tertiary/aromatic N) is 1. The predicted molar refractivity (Wildman–Crippen MR) is 84.5 cm³/mol. The predicted octanol–water partition coefficient (Wildman–Crippen LogP) is 3.89. The summed E-state index contributed by atoms with van der Waals surface area (Å²) >= 11 is 0. The van der Waals surface area contributed by atoms with Gasteiger partial charge in [0.15, 0.2) is 6.10 Å². The van der Waals surface area contributed by atoms with E-state index in [0.29, 0.717) is 13.0 Å². The van der Waals surface area contributed by atoms with E-state index in [9.17, 15) is 10.1 Å². The van der Waals surface area contributed by atoms with Crippen LogP contribution in [0.4, 0.5) is 0 Å². The smallest absolute Gasteiger partial charge is 0.249 e. The minimum atomic E-state index is -0.753. The van der Waals surface area contributed by atoms with Gasteiger partial charge in [0.05, 0.1) is 5.92 Å². The number of aryl methyl sites for hydroxylation is 1. The Morgan fingerprint density at radius 3 is 2.45 bits per heavy atom. The molecular weight excluding hydrogens is 278 g/mol. The molecule has 22 heavy (non-hydrogen) atoms. The molecule has 0 spiro atoms. The summed E-state index contributed by atoms with van der Waals surface area (Å²) in [6.45, 7) is 2.56. The number of nitro groups is 1. The highest BCUT2D eigenvalue weighted by atomic mass is 16.6. The Balaban J connectivity index is 2.00. The zero-order valence-corrected chi connectivity index (χ0v) is 12.5. The van der Waals surface area contributed by atoms with Crippen LogP contribution in [0.1, 0.15) is 35.1 Å². The fourth-order valence-corrected chi connectivity index (χ4v) is 3.34. The summed E-state index contributed by atoms with van der Waals surface area (Å²) in [5.41, 5.74) is 3.05. The Labute approximate surface area is 129 Å². The van der Waals surface area contributed by atoms with Crippen molar-refractivity contribution >= 4 is 0 Å². The summed E-state index contributed by atoms with van der Waals surface area (Å²) < 4.78 is 5.79. The van der Waals surface area contributed by atoms with E-state index in [1.165, 1.54) is 0 Å². The summed E-state index contributed by atoms with van der Waals surface area (Å²) in [6.07, 6.45) is 0.189. The second-order valence-corrected chi connectivity index (χ2v) is 5.73. The Bertz CT molecular complexity index is 656. The third kappa shape index (κ3) is 2.74. The molecule has 1 aliphatic heterocycles. The summed E-state index contributed by atoms with van der Waals surface area (Å²) in [5, 5.41) is 11.8. The lowest BCUT2D eigenvalue weighted by atomic mass is 9.80. The largest absolute Gasteiger partial charge is 0.366 e. The van der Waals surface area contributed by atoms with Crippen molar-refractivity contribution in [3.05, 3.63) is 81.4 Å². The highest BCUT2D eigenvalue weighted by Crippen LogP contribution is 2.40. The third-order valence-corrected chi connectivity index (χ3v) is 4.41. The third-order valence-electron chi connectivity index (χ3n) is 4.41. The molecule has 2 aromatic rings. The van der Waals surface area contributed by atoms with Gasteiger partial charge in [0, 0.05) is 11.5 Å². The molecule has 3 rings (SSSR count). The first-order valence-electron chi connectivity index (χ1n) is 7.54. The first-order chi connectivity index (χ1) is 10.7. The molecule has 1 saturated heterocycles. The fraction of sp³-hybridized carbons (Fsp3) is 0.333. The van der Waals surface area contributed by atoms with Crippen LogP contribution < -0.4 is 0 Å². The van der Waals surface area contributed by atoms with Crippen molar-refractivity contribution in [1.82, 2.24) is 0 Å². The minimum Gasteiger partial charge on any atom is -0.366 e. The van der Waals surface area contributed by atoms with Gasteiger partial charge in [-0.15, -0.1) is 0 Å². The van der Waals surface area contributed by atoms with E-state index < -0.39 is 12.1 Å². The van der Waals surface area contributed by atoms with Gasteiger partial charge in [-0.25, -0.2) is 0 Å². The standard InChI is InChI=1S/C18H19NO3/c1-13-7-5-6-10-15(13)16-11-12-22-18(17(16)19(20)21)14-8-3-2-4-9-14/h2-10,16-18H,11-12H2,1H3/t16-,17+,18+/m1/s1. The van der Waals surface area contributed by atoms with Crippen molar-refractivity contribution < 1.29 is 9.66 Å². The Hall–Kier alpha value is -2.20. The van der Waals surface area contributed by atoms with Crippen LogP contribution >= 0.6 is 0 Å². The summed E-state index contributed by atoms with van der Waals surface area (Å²) in [4.78, 5) is 11.6. The quantitative estimate of drug-likeness (QED) is 0.638. The summed E-state index contributed by atoms with van der Waals surface area (Å²) in [5.74, 6) is -0.116. The lowest BCUT2D eigenvalue weighted by Crippen LogP contribution is -2.40. The van der Waals surface area contributed by atoms with Gasteiger partial charge in [0.2, 0.25) is 6.04 Å². The highest BCUT2D eigenvalue weighted by molar-refractivity contribution is 5.32. The molecular formula is C18H19NO3. The molecule has 0 saturated carbocycles. The lowest BCUT2D eigenvalue weighted by molar-refractivity contribution is -0.546. The van der Waals surface area contributed by atoms with Crippen LogP contribution in [0.2, 0.25) is 0 Å². The number of hydrogen-bond donors (Lipinski definition) is 0. The van der Waals surface area contributed by atoms with Gasteiger partial charge < -0.3 is 4.74 Å². The van der Waals surface area contributed by atoms with E-state index in [1.54, 1.807) is 0 Å². The van der Waals surface area contributed by atoms with Gasteiger partial charge in [0.25, 0.3) is 0 Å². The molecule has 1 heterocycles. The molecule has 1 fully saturated rings. The van der Waals surface area contributed by atoms with Crippen molar-refractivity contribution in [1.29, 1.82) is 0 Å². The van der Waals surface area contributed by atoms with Crippen molar-refractivity contribution in [2.45, 2.75) is 31.4 Å². The molecule has 4 nitrogen and oxygen atoms in total. The number of benzene rings is 2. The lowest BCUT2D eigenvalue weighted by Gasteiger charge is -2.33. The second-order valence-electron chi connectivity index (χ2n) is 5.73. The molecule has 0 amide bonds. The van der Waals surface area contributed by atoms with Crippen molar-refractivity contribution in [3.8, 4) is 0 Å². The zero-order valence-electron chi connectivity index (χ0n) is 12.5. The molecule has 0 aliphatic carbocycles. The van der Waals surface area contributed by atoms with Crippen LogP contribution in [0.5, 0.6) is 0 Å². The SMILES string of the molecule is Cc1ccccc1[C@H]1CCO[C@@H](c2ccccc2)[C@H]1[N+](=O)[O-]. The van der Waals surface area contributed by atoms with E-state index in [-0.39, 0.29) is 10.8 Å². The van der Waals surface area contributed by atoms with Crippen LogP contribution in [0.3, 0.4) is 0 Å². The van der Waals surface area contributed by atoms with Crippen molar-refractivity contribution in [2.75, 3.05) is 6.61 Å². The molecule has 0 unspecified atom stereocenters. The van der Waals surface area contributed by atoms with Crippen molar-refractivity contribution in [3.63, 3.8) is 0 Å². The molecule has 3 atom stereocenters. The maximum Gasteiger partial charge on any atom is 0.249 e. The van der Waals surface area contributed by atoms with Crippen LogP contribution in [0.15, 0.2) is 54.6 Å². The number of rotatable bonds is 3. The van der Waals surface area contributed by atoms with Crippen LogP contribution in [-0.4, -0.2) is 17.6 Å². The van der Waals surface area contributed by atoms with E-state index in [1.807, 2.05) is 61.5 Å². The minimum absolute atomic E-state index is 0.116. The van der Waals surface area contributed by atoms with Crippen LogP contribution in [0.25, 0.3) is 0 Å². The molecule has 2 aromatic carbocycles. The van der Waals surface area contributed by atoms with Crippen LogP contribution in [0, 0.1) is 17.0 Å². The topological polar surface area (TPSA) is 52.4 Å². The first kappa shape index (κ1) is 14.7. The zero-order chi connectivity index (χ0) is 15.5. The Morgan fingerprint density at radius 2 is 1.77 bits per heavy atom. The maximum absolute atomic E-state index is 11.8. The maximum atomic E-state index is 11.8. The van der Waals surface area contributed by atoms with Gasteiger partial charge in [-0.3, -0.25) is 10.1 Å².